The van der Waals surface area contributed by atoms with Gasteiger partial charge in [0.2, 0.25) is 0 Å². The molecule has 2 fully saturated rings. The molecule has 1 aromatic rings. The third-order valence-corrected chi connectivity index (χ3v) is 6.21. The van der Waals surface area contributed by atoms with Crippen LogP contribution in [0.1, 0.15) is 86.6 Å². The average Bonchev–Trinajstić information content (AvgIpc) is 2.91. The van der Waals surface area contributed by atoms with E-state index in [2.05, 4.69) is 48.5 Å². The van der Waals surface area contributed by atoms with Crippen LogP contribution in [0.2, 0.25) is 0 Å². The molecule has 1 aliphatic carbocycles. The quantitative estimate of drug-likeness (QED) is 0.843. The molecule has 0 bridgehead atoms. The molecule has 2 aliphatic rings. The highest BCUT2D eigenvalue weighted by atomic mass is 16.1. The van der Waals surface area contributed by atoms with Gasteiger partial charge in [-0.2, -0.15) is 0 Å². The third kappa shape index (κ3) is 4.51. The lowest BCUT2D eigenvalue weighted by atomic mass is 9.95. The molecule has 26 heavy (non-hydrogen) atoms. The van der Waals surface area contributed by atoms with Crippen molar-refractivity contribution in [2.45, 2.75) is 84.7 Å². The fourth-order valence-corrected chi connectivity index (χ4v) is 4.95. The molecule has 0 spiro atoms. The van der Waals surface area contributed by atoms with Crippen molar-refractivity contribution in [2.24, 2.45) is 5.92 Å². The van der Waals surface area contributed by atoms with E-state index in [1.165, 1.54) is 44.3 Å². The lowest BCUT2D eigenvalue weighted by Crippen LogP contribution is -2.45. The van der Waals surface area contributed by atoms with Gasteiger partial charge in [-0.15, -0.1) is 0 Å². The fourth-order valence-electron chi connectivity index (χ4n) is 4.95. The lowest BCUT2D eigenvalue weighted by Gasteiger charge is -2.33. The third-order valence-electron chi connectivity index (χ3n) is 6.21. The first-order valence-corrected chi connectivity index (χ1v) is 10.7. The van der Waals surface area contributed by atoms with Crippen LogP contribution in [0.25, 0.3) is 0 Å². The zero-order valence-electron chi connectivity index (χ0n) is 17.2. The Labute approximate surface area is 159 Å². The molecule has 2 heterocycles. The van der Waals surface area contributed by atoms with Crippen LogP contribution in [-0.4, -0.2) is 41.1 Å². The van der Waals surface area contributed by atoms with E-state index in [9.17, 15) is 4.79 Å². The number of nitrogens with one attached hydrogen (secondary N) is 1. The van der Waals surface area contributed by atoms with Crippen molar-refractivity contribution in [3.63, 3.8) is 0 Å². The maximum absolute atomic E-state index is 12.9. The molecular formula is C22H37N3O. The molecule has 1 saturated carbocycles. The Kier molecular flexibility index (Phi) is 6.44. The molecule has 3 rings (SSSR count). The van der Waals surface area contributed by atoms with Crippen molar-refractivity contribution in [1.29, 1.82) is 0 Å². The van der Waals surface area contributed by atoms with Gasteiger partial charge in [-0.3, -0.25) is 4.79 Å². The smallest absolute Gasteiger partial charge is 0.253 e. The number of rotatable bonds is 5. The number of nitrogens with zero attached hydrogens (tertiary/aromatic N) is 2. The summed E-state index contributed by atoms with van der Waals surface area (Å²) in [6.07, 6.45) is 8.65. The molecule has 0 unspecified atom stereocenters. The minimum Gasteiger partial charge on any atom is -0.349 e. The topological polar surface area (TPSA) is 37.3 Å². The Balaban J connectivity index is 1.60. The first-order chi connectivity index (χ1) is 12.5. The van der Waals surface area contributed by atoms with Crippen molar-refractivity contribution < 1.29 is 4.79 Å². The first kappa shape index (κ1) is 19.5. The van der Waals surface area contributed by atoms with Gasteiger partial charge >= 0.3 is 0 Å². The van der Waals surface area contributed by atoms with Gasteiger partial charge in [-0.05, 0) is 51.5 Å². The standard InChI is InChI=1S/C22H37N3O/c1-16(2)15-24-12-10-19(11-13-24)23-22(26)21-14-17(3)25(18(21)4)20-8-6-5-7-9-20/h14,16,19-20H,5-13,15H2,1-4H3,(H,23,26). The monoisotopic (exact) mass is 359 g/mol. The van der Waals surface area contributed by atoms with Crippen LogP contribution >= 0.6 is 0 Å². The number of carbonyl (C=O) groups is 1. The number of hydrogen-bond acceptors (Lipinski definition) is 2. The normalized spacial score (nSPS) is 20.7. The molecule has 0 atom stereocenters. The van der Waals surface area contributed by atoms with Gasteiger partial charge < -0.3 is 14.8 Å². The Morgan fingerprint density at radius 1 is 1.12 bits per heavy atom. The van der Waals surface area contributed by atoms with E-state index < -0.39 is 0 Å². The van der Waals surface area contributed by atoms with Crippen LogP contribution in [0.15, 0.2) is 6.07 Å². The van der Waals surface area contributed by atoms with Crippen molar-refractivity contribution >= 4 is 5.91 Å². The number of carbonyl (C=O) groups excluding carboxylic acids is 1. The summed E-state index contributed by atoms with van der Waals surface area (Å²) in [6, 6.07) is 3.01. The van der Waals surface area contributed by atoms with Crippen LogP contribution in [0.5, 0.6) is 0 Å². The molecule has 0 aromatic carbocycles. The van der Waals surface area contributed by atoms with Gasteiger partial charge in [-0.1, -0.05) is 33.1 Å². The molecule has 4 heteroatoms. The van der Waals surface area contributed by atoms with Crippen molar-refractivity contribution in [1.82, 2.24) is 14.8 Å². The van der Waals surface area contributed by atoms with Crippen molar-refractivity contribution in [2.75, 3.05) is 19.6 Å². The van der Waals surface area contributed by atoms with E-state index in [4.69, 9.17) is 0 Å². The SMILES string of the molecule is Cc1cc(C(=O)NC2CCN(CC(C)C)CC2)c(C)n1C1CCCCC1. The molecule has 1 aliphatic heterocycles. The summed E-state index contributed by atoms with van der Waals surface area (Å²) in [5, 5.41) is 3.31. The molecule has 1 aromatic heterocycles. The Morgan fingerprint density at radius 3 is 2.38 bits per heavy atom. The maximum atomic E-state index is 12.9. The Bertz CT molecular complexity index is 605. The van der Waals surface area contributed by atoms with Gasteiger partial charge in [0.05, 0.1) is 5.56 Å². The van der Waals surface area contributed by atoms with E-state index in [0.29, 0.717) is 18.0 Å². The van der Waals surface area contributed by atoms with E-state index in [0.717, 1.165) is 37.2 Å². The summed E-state index contributed by atoms with van der Waals surface area (Å²) < 4.78 is 2.43. The number of hydrogen-bond donors (Lipinski definition) is 1. The highest BCUT2D eigenvalue weighted by molar-refractivity contribution is 5.95. The molecule has 1 N–H and O–H groups in total. The van der Waals surface area contributed by atoms with Gasteiger partial charge in [0, 0.05) is 43.1 Å². The molecule has 146 valence electrons. The second kappa shape index (κ2) is 8.60. The highest BCUT2D eigenvalue weighted by Gasteiger charge is 2.25. The number of piperidine rings is 1. The zero-order valence-corrected chi connectivity index (χ0v) is 17.2. The van der Waals surface area contributed by atoms with Crippen LogP contribution in [-0.2, 0) is 0 Å². The summed E-state index contributed by atoms with van der Waals surface area (Å²) in [7, 11) is 0. The van der Waals surface area contributed by atoms with Gasteiger partial charge in [0.15, 0.2) is 0 Å². The van der Waals surface area contributed by atoms with Crippen molar-refractivity contribution in [3.8, 4) is 0 Å². The van der Waals surface area contributed by atoms with Gasteiger partial charge in [-0.25, -0.2) is 0 Å². The van der Waals surface area contributed by atoms with E-state index >= 15 is 0 Å². The summed E-state index contributed by atoms with van der Waals surface area (Å²) in [5.74, 6) is 0.841. The molecule has 1 saturated heterocycles. The van der Waals surface area contributed by atoms with Crippen LogP contribution in [0, 0.1) is 19.8 Å². The summed E-state index contributed by atoms with van der Waals surface area (Å²) >= 11 is 0. The number of likely N-dealkylation sites (tertiary alicyclic amines) is 1. The van der Waals surface area contributed by atoms with E-state index in [-0.39, 0.29) is 5.91 Å². The molecular weight excluding hydrogens is 322 g/mol. The Morgan fingerprint density at radius 2 is 1.77 bits per heavy atom. The predicted octanol–water partition coefficient (Wildman–Crippen LogP) is 4.46. The number of aromatic nitrogens is 1. The minimum absolute atomic E-state index is 0.127. The van der Waals surface area contributed by atoms with Crippen molar-refractivity contribution in [3.05, 3.63) is 23.0 Å². The summed E-state index contributed by atoms with van der Waals surface area (Å²) in [5.41, 5.74) is 3.29. The highest BCUT2D eigenvalue weighted by Crippen LogP contribution is 2.32. The first-order valence-electron chi connectivity index (χ1n) is 10.7. The van der Waals surface area contributed by atoms with E-state index in [1.807, 2.05) is 0 Å². The second-order valence-electron chi connectivity index (χ2n) is 8.89. The fraction of sp³-hybridized carbons (Fsp3) is 0.773. The summed E-state index contributed by atoms with van der Waals surface area (Å²) in [4.78, 5) is 15.4. The molecule has 1 amide bonds. The van der Waals surface area contributed by atoms with Crippen LogP contribution in [0.4, 0.5) is 0 Å². The number of aryl methyl sites for hydroxylation is 1. The maximum Gasteiger partial charge on any atom is 0.253 e. The lowest BCUT2D eigenvalue weighted by molar-refractivity contribution is 0.0906. The second-order valence-corrected chi connectivity index (χ2v) is 8.89. The molecule has 4 nitrogen and oxygen atoms in total. The van der Waals surface area contributed by atoms with E-state index in [1.54, 1.807) is 0 Å². The average molecular weight is 360 g/mol. The summed E-state index contributed by atoms with van der Waals surface area (Å²) in [6.45, 7) is 12.2. The van der Waals surface area contributed by atoms with Gasteiger partial charge in [0.1, 0.15) is 0 Å². The number of amides is 1. The molecule has 0 radical (unpaired) electrons. The zero-order chi connectivity index (χ0) is 18.7. The predicted molar refractivity (Wildman–Crippen MR) is 108 cm³/mol. The Hall–Kier alpha value is -1.29. The minimum atomic E-state index is 0.127. The van der Waals surface area contributed by atoms with Crippen LogP contribution < -0.4 is 5.32 Å². The van der Waals surface area contributed by atoms with Crippen LogP contribution in [0.3, 0.4) is 0 Å². The largest absolute Gasteiger partial charge is 0.349 e. The van der Waals surface area contributed by atoms with Gasteiger partial charge in [0.25, 0.3) is 5.91 Å².